The SMILES string of the molecule is N#Cc1ccc(C=CC(=O)NC2(CC(=O)O)CCC2)cc1. The normalized spacial score (nSPS) is 16.0. The number of amides is 1. The number of aliphatic carboxylic acids is 1. The topological polar surface area (TPSA) is 90.2 Å². The molecule has 0 spiro atoms. The van der Waals surface area contributed by atoms with Crippen molar-refractivity contribution in [3.63, 3.8) is 0 Å². The molecule has 5 heteroatoms. The molecule has 108 valence electrons. The van der Waals surface area contributed by atoms with Crippen molar-refractivity contribution in [2.75, 3.05) is 0 Å². The summed E-state index contributed by atoms with van der Waals surface area (Å²) in [4.78, 5) is 22.7. The van der Waals surface area contributed by atoms with Gasteiger partial charge in [0.1, 0.15) is 0 Å². The van der Waals surface area contributed by atoms with E-state index in [0.717, 1.165) is 12.0 Å². The van der Waals surface area contributed by atoms with Crippen LogP contribution in [0.5, 0.6) is 0 Å². The molecule has 1 saturated carbocycles. The zero-order valence-corrected chi connectivity index (χ0v) is 11.5. The lowest BCUT2D eigenvalue weighted by molar-refractivity contribution is -0.140. The molecule has 0 bridgehead atoms. The monoisotopic (exact) mass is 284 g/mol. The molecule has 0 atom stereocenters. The fourth-order valence-electron chi connectivity index (χ4n) is 2.38. The molecule has 21 heavy (non-hydrogen) atoms. The summed E-state index contributed by atoms with van der Waals surface area (Å²) in [6.45, 7) is 0. The molecule has 1 amide bonds. The predicted octanol–water partition coefficient (Wildman–Crippen LogP) is 2.09. The van der Waals surface area contributed by atoms with Crippen LogP contribution in [0, 0.1) is 11.3 Å². The van der Waals surface area contributed by atoms with Crippen LogP contribution in [0.1, 0.15) is 36.8 Å². The van der Waals surface area contributed by atoms with Gasteiger partial charge in [0, 0.05) is 6.08 Å². The second-order valence-electron chi connectivity index (χ2n) is 5.26. The number of benzene rings is 1. The summed E-state index contributed by atoms with van der Waals surface area (Å²) in [6, 6.07) is 8.87. The van der Waals surface area contributed by atoms with Gasteiger partial charge in [-0.1, -0.05) is 12.1 Å². The van der Waals surface area contributed by atoms with Crippen molar-refractivity contribution in [3.05, 3.63) is 41.5 Å². The highest BCUT2D eigenvalue weighted by Crippen LogP contribution is 2.34. The van der Waals surface area contributed by atoms with Gasteiger partial charge in [-0.15, -0.1) is 0 Å². The zero-order chi connectivity index (χ0) is 15.3. The minimum Gasteiger partial charge on any atom is -0.481 e. The van der Waals surface area contributed by atoms with Crippen LogP contribution in [0.2, 0.25) is 0 Å². The number of hydrogen-bond acceptors (Lipinski definition) is 3. The largest absolute Gasteiger partial charge is 0.481 e. The summed E-state index contributed by atoms with van der Waals surface area (Å²) in [6.07, 6.45) is 5.34. The van der Waals surface area contributed by atoms with Crippen LogP contribution in [-0.4, -0.2) is 22.5 Å². The first-order valence-electron chi connectivity index (χ1n) is 6.75. The Balaban J connectivity index is 1.95. The maximum Gasteiger partial charge on any atom is 0.305 e. The van der Waals surface area contributed by atoms with E-state index >= 15 is 0 Å². The zero-order valence-electron chi connectivity index (χ0n) is 11.5. The van der Waals surface area contributed by atoms with Gasteiger partial charge in [-0.2, -0.15) is 5.26 Å². The molecule has 0 unspecified atom stereocenters. The molecule has 0 aliphatic heterocycles. The Kier molecular flexibility index (Phi) is 4.39. The van der Waals surface area contributed by atoms with E-state index in [0.29, 0.717) is 18.4 Å². The van der Waals surface area contributed by atoms with Crippen LogP contribution in [0.4, 0.5) is 0 Å². The van der Waals surface area contributed by atoms with E-state index in [2.05, 4.69) is 5.32 Å². The summed E-state index contributed by atoms with van der Waals surface area (Å²) in [7, 11) is 0. The molecule has 2 rings (SSSR count). The number of carboxylic acid groups (broad SMARTS) is 1. The summed E-state index contributed by atoms with van der Waals surface area (Å²) in [5.41, 5.74) is 0.786. The second-order valence-corrected chi connectivity index (χ2v) is 5.26. The molecule has 0 radical (unpaired) electrons. The lowest BCUT2D eigenvalue weighted by atomic mass is 9.74. The van der Waals surface area contributed by atoms with Crippen LogP contribution < -0.4 is 5.32 Å². The third-order valence-corrected chi connectivity index (χ3v) is 3.66. The third kappa shape index (κ3) is 3.93. The number of rotatable bonds is 5. The highest BCUT2D eigenvalue weighted by atomic mass is 16.4. The van der Waals surface area contributed by atoms with Crippen LogP contribution in [0.25, 0.3) is 6.08 Å². The number of nitrogens with one attached hydrogen (secondary N) is 1. The molecule has 5 nitrogen and oxygen atoms in total. The number of nitrogens with zero attached hydrogens (tertiary/aromatic N) is 1. The summed E-state index contributed by atoms with van der Waals surface area (Å²) < 4.78 is 0. The highest BCUT2D eigenvalue weighted by Gasteiger charge is 2.39. The molecule has 1 aliphatic rings. The molecule has 1 fully saturated rings. The van der Waals surface area contributed by atoms with Crippen molar-refractivity contribution in [2.45, 2.75) is 31.2 Å². The van der Waals surface area contributed by atoms with Gasteiger partial charge >= 0.3 is 5.97 Å². The molecule has 0 saturated heterocycles. The van der Waals surface area contributed by atoms with E-state index in [1.165, 1.54) is 6.08 Å². The van der Waals surface area contributed by atoms with Gasteiger partial charge in [0.25, 0.3) is 0 Å². The molecular weight excluding hydrogens is 268 g/mol. The van der Waals surface area contributed by atoms with Crippen LogP contribution in [0.15, 0.2) is 30.3 Å². The van der Waals surface area contributed by atoms with Gasteiger partial charge in [0.2, 0.25) is 5.91 Å². The highest BCUT2D eigenvalue weighted by molar-refractivity contribution is 5.92. The van der Waals surface area contributed by atoms with Crippen molar-refractivity contribution in [3.8, 4) is 6.07 Å². The first-order valence-corrected chi connectivity index (χ1v) is 6.75. The predicted molar refractivity (Wildman–Crippen MR) is 77.2 cm³/mol. The summed E-state index contributed by atoms with van der Waals surface area (Å²) >= 11 is 0. The Morgan fingerprint density at radius 3 is 2.48 bits per heavy atom. The van der Waals surface area contributed by atoms with Gasteiger partial charge in [-0.25, -0.2) is 0 Å². The average Bonchev–Trinajstić information content (AvgIpc) is 2.43. The first kappa shape index (κ1) is 14.8. The smallest absolute Gasteiger partial charge is 0.305 e. The van der Waals surface area contributed by atoms with Gasteiger partial charge in [-0.3, -0.25) is 9.59 Å². The molecule has 1 aromatic carbocycles. The van der Waals surface area contributed by atoms with Gasteiger partial charge in [0.15, 0.2) is 0 Å². The minimum atomic E-state index is -0.897. The number of nitriles is 1. The molecular formula is C16H16N2O3. The molecule has 1 aliphatic carbocycles. The van der Waals surface area contributed by atoms with Gasteiger partial charge in [-0.05, 0) is 43.0 Å². The van der Waals surface area contributed by atoms with E-state index in [9.17, 15) is 9.59 Å². The maximum absolute atomic E-state index is 11.9. The molecule has 0 aromatic heterocycles. The number of carboxylic acids is 1. The first-order chi connectivity index (χ1) is 10.0. The average molecular weight is 284 g/mol. The summed E-state index contributed by atoms with van der Waals surface area (Å²) in [5, 5.41) is 20.4. The maximum atomic E-state index is 11.9. The quantitative estimate of drug-likeness (QED) is 0.810. The lowest BCUT2D eigenvalue weighted by Gasteiger charge is -2.41. The lowest BCUT2D eigenvalue weighted by Crippen LogP contribution is -2.54. The fraction of sp³-hybridized carbons (Fsp3) is 0.312. The fourth-order valence-corrected chi connectivity index (χ4v) is 2.38. The van der Waals surface area contributed by atoms with Crippen molar-refractivity contribution in [1.82, 2.24) is 5.32 Å². The molecule has 2 N–H and O–H groups in total. The van der Waals surface area contributed by atoms with E-state index in [4.69, 9.17) is 10.4 Å². The Morgan fingerprint density at radius 2 is 2.00 bits per heavy atom. The van der Waals surface area contributed by atoms with Crippen LogP contribution in [0.3, 0.4) is 0 Å². The van der Waals surface area contributed by atoms with Gasteiger partial charge < -0.3 is 10.4 Å². The Hall–Kier alpha value is -2.61. The van der Waals surface area contributed by atoms with Crippen molar-refractivity contribution < 1.29 is 14.7 Å². The number of carbonyl (C=O) groups excluding carboxylic acids is 1. The molecule has 0 heterocycles. The summed E-state index contributed by atoms with van der Waals surface area (Å²) in [5.74, 6) is -1.19. The third-order valence-electron chi connectivity index (χ3n) is 3.66. The van der Waals surface area contributed by atoms with E-state index in [1.807, 2.05) is 6.07 Å². The van der Waals surface area contributed by atoms with Crippen molar-refractivity contribution >= 4 is 18.0 Å². The number of hydrogen-bond donors (Lipinski definition) is 2. The Labute approximate surface area is 122 Å². The van der Waals surface area contributed by atoms with Crippen molar-refractivity contribution in [1.29, 1.82) is 5.26 Å². The Morgan fingerprint density at radius 1 is 1.33 bits per heavy atom. The van der Waals surface area contributed by atoms with E-state index < -0.39 is 11.5 Å². The standard InChI is InChI=1S/C16H16N2O3/c17-11-13-4-2-12(3-5-13)6-7-14(19)18-16(8-1-9-16)10-15(20)21/h2-7H,1,8-10H2,(H,18,19)(H,20,21). The number of carbonyl (C=O) groups is 2. The van der Waals surface area contributed by atoms with E-state index in [1.54, 1.807) is 30.3 Å². The van der Waals surface area contributed by atoms with Crippen LogP contribution in [-0.2, 0) is 9.59 Å². The Bertz CT molecular complexity index is 607. The molecule has 1 aromatic rings. The minimum absolute atomic E-state index is 0.0382. The van der Waals surface area contributed by atoms with Gasteiger partial charge in [0.05, 0.1) is 23.6 Å². The van der Waals surface area contributed by atoms with Crippen LogP contribution >= 0.6 is 0 Å². The second kappa shape index (κ2) is 6.23. The van der Waals surface area contributed by atoms with E-state index in [-0.39, 0.29) is 12.3 Å². The van der Waals surface area contributed by atoms with Crippen molar-refractivity contribution in [2.24, 2.45) is 0 Å².